The van der Waals surface area contributed by atoms with Crippen LogP contribution in [0.5, 0.6) is 0 Å². The van der Waals surface area contributed by atoms with Crippen molar-refractivity contribution in [3.8, 4) is 0 Å². The minimum absolute atomic E-state index is 0.506. The predicted octanol–water partition coefficient (Wildman–Crippen LogP) is 2.99. The van der Waals surface area contributed by atoms with Gasteiger partial charge >= 0.3 is 0 Å². The van der Waals surface area contributed by atoms with E-state index in [1.165, 1.54) is 16.8 Å². The van der Waals surface area contributed by atoms with Crippen molar-refractivity contribution in [3.05, 3.63) is 65.2 Å². The van der Waals surface area contributed by atoms with Crippen LogP contribution in [0, 0.1) is 0 Å². The van der Waals surface area contributed by atoms with E-state index in [1.807, 2.05) is 6.07 Å². The Labute approximate surface area is 113 Å². The fourth-order valence-electron chi connectivity index (χ4n) is 2.68. The van der Waals surface area contributed by atoms with Crippen LogP contribution < -0.4 is 4.90 Å². The molecule has 2 nitrogen and oxygen atoms in total. The van der Waals surface area contributed by atoms with Gasteiger partial charge in [0.05, 0.1) is 0 Å². The van der Waals surface area contributed by atoms with Crippen LogP contribution in [-0.2, 0) is 24.2 Å². The molecule has 0 aliphatic carbocycles. The Morgan fingerprint density at radius 1 is 1.05 bits per heavy atom. The van der Waals surface area contributed by atoms with Crippen LogP contribution in [-0.4, -0.2) is 12.8 Å². The molecule has 0 N–H and O–H groups in total. The van der Waals surface area contributed by atoms with Crippen molar-refractivity contribution in [2.24, 2.45) is 0 Å². The summed E-state index contributed by atoms with van der Waals surface area (Å²) in [5, 5.41) is 0. The Morgan fingerprint density at radius 3 is 2.68 bits per heavy atom. The average molecular weight is 251 g/mol. The molecule has 0 aromatic heterocycles. The molecule has 19 heavy (non-hydrogen) atoms. The third-order valence-electron chi connectivity index (χ3n) is 3.68. The molecular weight excluding hydrogens is 234 g/mol. The standard InChI is InChI=1S/C17H17NO/c19-11-9-14-6-7-16-8-10-18(17(16)12-14)13-15-4-2-1-3-5-15/h1-7,11-12H,8-10,13H2. The Balaban J connectivity index is 1.84. The zero-order chi connectivity index (χ0) is 13.1. The van der Waals surface area contributed by atoms with Gasteiger partial charge in [-0.15, -0.1) is 0 Å². The van der Waals surface area contributed by atoms with Gasteiger partial charge in [0.15, 0.2) is 0 Å². The molecule has 0 atom stereocenters. The molecule has 2 aromatic rings. The van der Waals surface area contributed by atoms with Gasteiger partial charge in [-0.25, -0.2) is 0 Å². The van der Waals surface area contributed by atoms with E-state index in [4.69, 9.17) is 0 Å². The summed E-state index contributed by atoms with van der Waals surface area (Å²) in [6.45, 7) is 2.01. The van der Waals surface area contributed by atoms with Crippen molar-refractivity contribution < 1.29 is 4.79 Å². The number of aldehydes is 1. The van der Waals surface area contributed by atoms with Gasteiger partial charge in [-0.05, 0) is 29.2 Å². The first-order chi connectivity index (χ1) is 9.36. The van der Waals surface area contributed by atoms with E-state index in [1.54, 1.807) is 0 Å². The van der Waals surface area contributed by atoms with E-state index >= 15 is 0 Å². The fourth-order valence-corrected chi connectivity index (χ4v) is 2.68. The van der Waals surface area contributed by atoms with E-state index in [0.29, 0.717) is 6.42 Å². The van der Waals surface area contributed by atoms with Crippen LogP contribution in [0.1, 0.15) is 16.7 Å². The van der Waals surface area contributed by atoms with Crippen LogP contribution in [0.4, 0.5) is 5.69 Å². The zero-order valence-corrected chi connectivity index (χ0v) is 10.9. The van der Waals surface area contributed by atoms with Crippen molar-refractivity contribution in [1.82, 2.24) is 0 Å². The Kier molecular flexibility index (Phi) is 3.32. The maximum absolute atomic E-state index is 10.6. The van der Waals surface area contributed by atoms with Crippen molar-refractivity contribution in [2.75, 3.05) is 11.4 Å². The minimum atomic E-state index is 0.506. The molecule has 1 heterocycles. The predicted molar refractivity (Wildman–Crippen MR) is 77.4 cm³/mol. The number of benzene rings is 2. The maximum atomic E-state index is 10.6. The van der Waals surface area contributed by atoms with Gasteiger partial charge in [0.1, 0.15) is 6.29 Å². The van der Waals surface area contributed by atoms with Crippen LogP contribution >= 0.6 is 0 Å². The molecule has 3 rings (SSSR count). The van der Waals surface area contributed by atoms with Gasteiger partial charge in [-0.3, -0.25) is 0 Å². The second-order valence-corrected chi connectivity index (χ2v) is 4.99. The second-order valence-electron chi connectivity index (χ2n) is 4.99. The lowest BCUT2D eigenvalue weighted by atomic mass is 10.1. The fraction of sp³-hybridized carbons (Fsp3) is 0.235. The SMILES string of the molecule is O=CCc1ccc2c(c1)N(Cc1ccccc1)CC2. The summed E-state index contributed by atoms with van der Waals surface area (Å²) in [6, 6.07) is 16.9. The molecule has 2 aromatic carbocycles. The van der Waals surface area contributed by atoms with Gasteiger partial charge in [-0.2, -0.15) is 0 Å². The topological polar surface area (TPSA) is 20.3 Å². The van der Waals surface area contributed by atoms with E-state index in [-0.39, 0.29) is 0 Å². The summed E-state index contributed by atoms with van der Waals surface area (Å²) in [5.74, 6) is 0. The molecule has 1 aliphatic heterocycles. The number of nitrogens with zero attached hydrogens (tertiary/aromatic N) is 1. The number of anilines is 1. The van der Waals surface area contributed by atoms with E-state index in [2.05, 4.69) is 47.4 Å². The lowest BCUT2D eigenvalue weighted by Crippen LogP contribution is -2.19. The van der Waals surface area contributed by atoms with Gasteiger partial charge in [0.25, 0.3) is 0 Å². The molecule has 0 fully saturated rings. The van der Waals surface area contributed by atoms with Crippen LogP contribution in [0.15, 0.2) is 48.5 Å². The molecule has 96 valence electrons. The van der Waals surface area contributed by atoms with Crippen LogP contribution in [0.3, 0.4) is 0 Å². The van der Waals surface area contributed by atoms with Gasteiger partial charge in [0, 0.05) is 25.2 Å². The number of carbonyl (C=O) groups is 1. The molecule has 0 amide bonds. The zero-order valence-electron chi connectivity index (χ0n) is 10.9. The maximum Gasteiger partial charge on any atom is 0.124 e. The van der Waals surface area contributed by atoms with E-state index in [0.717, 1.165) is 31.4 Å². The summed E-state index contributed by atoms with van der Waals surface area (Å²) < 4.78 is 0. The van der Waals surface area contributed by atoms with E-state index < -0.39 is 0 Å². The molecule has 0 spiro atoms. The molecule has 2 heteroatoms. The lowest BCUT2D eigenvalue weighted by Gasteiger charge is -2.20. The van der Waals surface area contributed by atoms with E-state index in [9.17, 15) is 4.79 Å². The highest BCUT2D eigenvalue weighted by molar-refractivity contribution is 5.63. The minimum Gasteiger partial charge on any atom is -0.367 e. The molecule has 1 aliphatic rings. The summed E-state index contributed by atoms with van der Waals surface area (Å²) in [6.07, 6.45) is 2.58. The number of carbonyl (C=O) groups excluding carboxylic acids is 1. The molecule has 0 bridgehead atoms. The quantitative estimate of drug-likeness (QED) is 0.779. The number of fused-ring (bicyclic) bond motifs is 1. The third kappa shape index (κ3) is 2.53. The Hall–Kier alpha value is -2.09. The number of hydrogen-bond acceptors (Lipinski definition) is 2. The molecule has 0 saturated carbocycles. The molecule has 0 radical (unpaired) electrons. The number of rotatable bonds is 4. The third-order valence-corrected chi connectivity index (χ3v) is 3.68. The number of hydrogen-bond donors (Lipinski definition) is 0. The first kappa shape index (κ1) is 12.0. The summed E-state index contributed by atoms with van der Waals surface area (Å²) in [7, 11) is 0. The highest BCUT2D eigenvalue weighted by atomic mass is 16.1. The van der Waals surface area contributed by atoms with Crippen molar-refractivity contribution in [1.29, 1.82) is 0 Å². The lowest BCUT2D eigenvalue weighted by molar-refractivity contribution is -0.107. The average Bonchev–Trinajstić information content (AvgIpc) is 2.83. The first-order valence-corrected chi connectivity index (χ1v) is 6.71. The highest BCUT2D eigenvalue weighted by Gasteiger charge is 2.19. The van der Waals surface area contributed by atoms with Gasteiger partial charge < -0.3 is 9.69 Å². The smallest absolute Gasteiger partial charge is 0.124 e. The normalized spacial score (nSPS) is 13.4. The highest BCUT2D eigenvalue weighted by Crippen LogP contribution is 2.30. The molecule has 0 saturated heterocycles. The van der Waals surface area contributed by atoms with Crippen molar-refractivity contribution >= 4 is 12.0 Å². The van der Waals surface area contributed by atoms with Gasteiger partial charge in [0.2, 0.25) is 0 Å². The second kappa shape index (κ2) is 5.27. The van der Waals surface area contributed by atoms with Crippen LogP contribution in [0.2, 0.25) is 0 Å². The largest absolute Gasteiger partial charge is 0.367 e. The molecular formula is C17H17NO. The van der Waals surface area contributed by atoms with Gasteiger partial charge in [-0.1, -0.05) is 42.5 Å². The molecule has 0 unspecified atom stereocenters. The van der Waals surface area contributed by atoms with Crippen molar-refractivity contribution in [2.45, 2.75) is 19.4 Å². The monoisotopic (exact) mass is 251 g/mol. The Bertz CT molecular complexity index is 577. The summed E-state index contributed by atoms with van der Waals surface area (Å²) in [4.78, 5) is 13.0. The Morgan fingerprint density at radius 2 is 1.89 bits per heavy atom. The summed E-state index contributed by atoms with van der Waals surface area (Å²) >= 11 is 0. The first-order valence-electron chi connectivity index (χ1n) is 6.71. The van der Waals surface area contributed by atoms with Crippen molar-refractivity contribution in [3.63, 3.8) is 0 Å². The van der Waals surface area contributed by atoms with Crippen LogP contribution in [0.25, 0.3) is 0 Å². The summed E-state index contributed by atoms with van der Waals surface area (Å²) in [5.41, 5.74) is 5.12.